The van der Waals surface area contributed by atoms with Gasteiger partial charge in [0.2, 0.25) is 0 Å². The average molecular weight is 258 g/mol. The first-order valence-corrected chi connectivity index (χ1v) is 4.83. The quantitative estimate of drug-likeness (QED) is 0.845. The van der Waals surface area contributed by atoms with Crippen molar-refractivity contribution in [2.24, 2.45) is 0 Å². The highest BCUT2D eigenvalue weighted by Gasteiger charge is 2.28. The molecule has 1 aromatic rings. The number of alkyl halides is 3. The van der Waals surface area contributed by atoms with E-state index in [1.165, 1.54) is 0 Å². The Balaban J connectivity index is 2.92. The molecule has 0 atom stereocenters. The first-order chi connectivity index (χ1) is 8.39. The summed E-state index contributed by atoms with van der Waals surface area (Å²) in [6.07, 6.45) is -4.33. The molecule has 3 N–H and O–H groups in total. The van der Waals surface area contributed by atoms with E-state index in [0.29, 0.717) is 0 Å². The minimum absolute atomic E-state index is 0.0579. The number of nitrogens with one attached hydrogen (secondary N) is 1. The molecule has 6 nitrogen and oxygen atoms in total. The largest absolute Gasteiger partial charge is 0.405 e. The first-order valence-electron chi connectivity index (χ1n) is 4.83. The summed E-state index contributed by atoms with van der Waals surface area (Å²) in [5.74, 6) is -0.289. The van der Waals surface area contributed by atoms with Gasteiger partial charge in [-0.05, 0) is 0 Å². The van der Waals surface area contributed by atoms with Crippen LogP contribution in [-0.2, 0) is 6.54 Å². The van der Waals surface area contributed by atoms with Crippen LogP contribution in [0.4, 0.5) is 24.8 Å². The van der Waals surface area contributed by atoms with Crippen molar-refractivity contribution >= 4 is 11.6 Å². The van der Waals surface area contributed by atoms with Crippen LogP contribution in [0.25, 0.3) is 0 Å². The SMILES string of the molecule is N#CCCn1nc(NCC(F)(F)F)c(C#N)c1N. The van der Waals surface area contributed by atoms with Crippen molar-refractivity contribution in [3.63, 3.8) is 0 Å². The van der Waals surface area contributed by atoms with Crippen LogP contribution in [0.3, 0.4) is 0 Å². The highest BCUT2D eigenvalue weighted by atomic mass is 19.4. The molecule has 0 aliphatic rings. The molecule has 0 aromatic carbocycles. The number of aryl methyl sites for hydroxylation is 1. The third-order valence-electron chi connectivity index (χ3n) is 2.00. The van der Waals surface area contributed by atoms with Gasteiger partial charge in [0.1, 0.15) is 24.0 Å². The molecule has 0 spiro atoms. The van der Waals surface area contributed by atoms with E-state index in [1.807, 2.05) is 11.4 Å². The van der Waals surface area contributed by atoms with Gasteiger partial charge in [0.15, 0.2) is 5.82 Å². The van der Waals surface area contributed by atoms with E-state index in [-0.39, 0.29) is 30.2 Å². The normalized spacial score (nSPS) is 10.7. The summed E-state index contributed by atoms with van der Waals surface area (Å²) >= 11 is 0. The van der Waals surface area contributed by atoms with Crippen LogP contribution in [0.1, 0.15) is 12.0 Å². The fourth-order valence-corrected chi connectivity index (χ4v) is 1.22. The summed E-state index contributed by atoms with van der Waals surface area (Å²) in [6, 6.07) is 3.52. The Kier molecular flexibility index (Phi) is 4.00. The summed E-state index contributed by atoms with van der Waals surface area (Å²) in [5, 5.41) is 22.9. The maximum Gasteiger partial charge on any atom is 0.405 e. The number of hydrogen-bond acceptors (Lipinski definition) is 5. The van der Waals surface area contributed by atoms with Crippen LogP contribution in [0, 0.1) is 22.7 Å². The van der Waals surface area contributed by atoms with Crippen LogP contribution in [0.2, 0.25) is 0 Å². The van der Waals surface area contributed by atoms with E-state index in [4.69, 9.17) is 16.3 Å². The average Bonchev–Trinajstić information content (AvgIpc) is 2.59. The molecule has 0 amide bonds. The molecule has 0 unspecified atom stereocenters. The number of rotatable bonds is 4. The van der Waals surface area contributed by atoms with Crippen LogP contribution >= 0.6 is 0 Å². The van der Waals surface area contributed by atoms with Gasteiger partial charge in [-0.3, -0.25) is 0 Å². The Hall–Kier alpha value is -2.42. The van der Waals surface area contributed by atoms with Gasteiger partial charge >= 0.3 is 6.18 Å². The van der Waals surface area contributed by atoms with E-state index < -0.39 is 12.7 Å². The maximum atomic E-state index is 12.0. The third kappa shape index (κ3) is 3.28. The van der Waals surface area contributed by atoms with Gasteiger partial charge in [0.25, 0.3) is 0 Å². The van der Waals surface area contributed by atoms with E-state index in [1.54, 1.807) is 6.07 Å². The molecule has 0 radical (unpaired) electrons. The maximum absolute atomic E-state index is 12.0. The Labute approximate surface area is 100 Å². The summed E-state index contributed by atoms with van der Waals surface area (Å²) in [5.41, 5.74) is 5.39. The van der Waals surface area contributed by atoms with Crippen molar-refractivity contribution in [2.45, 2.75) is 19.1 Å². The molecule has 0 saturated heterocycles. The Bertz CT molecular complexity index is 504. The zero-order chi connectivity index (χ0) is 13.8. The summed E-state index contributed by atoms with van der Waals surface area (Å²) in [6.45, 7) is -1.19. The molecule has 1 rings (SSSR count). The number of nitriles is 2. The summed E-state index contributed by atoms with van der Waals surface area (Å²) in [4.78, 5) is 0. The number of nitrogen functional groups attached to an aromatic ring is 1. The molecule has 0 saturated carbocycles. The van der Waals surface area contributed by atoms with Gasteiger partial charge < -0.3 is 11.1 Å². The lowest BCUT2D eigenvalue weighted by molar-refractivity contribution is -0.115. The van der Waals surface area contributed by atoms with Gasteiger partial charge in [-0.25, -0.2) is 4.68 Å². The number of hydrogen-bond donors (Lipinski definition) is 2. The van der Waals surface area contributed by atoms with Crippen molar-refractivity contribution < 1.29 is 13.2 Å². The molecular weight excluding hydrogens is 249 g/mol. The van der Waals surface area contributed by atoms with Crippen molar-refractivity contribution in [1.82, 2.24) is 9.78 Å². The smallest absolute Gasteiger partial charge is 0.383 e. The lowest BCUT2D eigenvalue weighted by atomic mass is 10.3. The lowest BCUT2D eigenvalue weighted by Crippen LogP contribution is -2.22. The monoisotopic (exact) mass is 258 g/mol. The molecule has 1 aromatic heterocycles. The van der Waals surface area contributed by atoms with Crippen LogP contribution in [0.5, 0.6) is 0 Å². The second-order valence-corrected chi connectivity index (χ2v) is 3.32. The van der Waals surface area contributed by atoms with Crippen LogP contribution in [0.15, 0.2) is 0 Å². The first kappa shape index (κ1) is 13.6. The molecule has 9 heteroatoms. The molecule has 0 fully saturated rings. The van der Waals surface area contributed by atoms with Crippen molar-refractivity contribution in [1.29, 1.82) is 10.5 Å². The minimum Gasteiger partial charge on any atom is -0.383 e. The molecule has 0 aliphatic heterocycles. The highest BCUT2D eigenvalue weighted by Crippen LogP contribution is 2.23. The standard InChI is InChI=1S/C9H9F3N6/c10-9(11,12)5-16-8-6(4-14)7(15)18(17-8)3-1-2-13/h1,3,5,15H2,(H,16,17). The highest BCUT2D eigenvalue weighted by molar-refractivity contribution is 5.63. The molecular formula is C9H9F3N6. The van der Waals surface area contributed by atoms with Gasteiger partial charge in [-0.2, -0.15) is 28.8 Å². The van der Waals surface area contributed by atoms with E-state index in [9.17, 15) is 13.2 Å². The predicted octanol–water partition coefficient (Wildman–Crippen LogP) is 1.22. The molecule has 1 heterocycles. The Morgan fingerprint density at radius 1 is 1.39 bits per heavy atom. The summed E-state index contributed by atoms with van der Waals surface area (Å²) < 4.78 is 37.2. The lowest BCUT2D eigenvalue weighted by Gasteiger charge is -2.06. The second-order valence-electron chi connectivity index (χ2n) is 3.32. The molecule has 0 bridgehead atoms. The van der Waals surface area contributed by atoms with E-state index >= 15 is 0 Å². The molecule has 96 valence electrons. The van der Waals surface area contributed by atoms with Crippen molar-refractivity contribution in [3.8, 4) is 12.1 Å². The molecule has 0 aliphatic carbocycles. The van der Waals surface area contributed by atoms with E-state index in [2.05, 4.69) is 5.10 Å². The van der Waals surface area contributed by atoms with Crippen LogP contribution in [-0.4, -0.2) is 22.5 Å². The van der Waals surface area contributed by atoms with Crippen LogP contribution < -0.4 is 11.1 Å². The number of nitrogens with zero attached hydrogens (tertiary/aromatic N) is 4. The number of halogens is 3. The zero-order valence-electron chi connectivity index (χ0n) is 9.12. The topological polar surface area (TPSA) is 103 Å². The van der Waals surface area contributed by atoms with Crippen molar-refractivity contribution in [2.75, 3.05) is 17.6 Å². The van der Waals surface area contributed by atoms with Gasteiger partial charge in [0.05, 0.1) is 19.0 Å². The van der Waals surface area contributed by atoms with Gasteiger partial charge in [-0.15, -0.1) is 0 Å². The fraction of sp³-hybridized carbons (Fsp3) is 0.444. The van der Waals surface area contributed by atoms with Gasteiger partial charge in [0, 0.05) is 0 Å². The van der Waals surface area contributed by atoms with Crippen molar-refractivity contribution in [3.05, 3.63) is 5.56 Å². The number of aromatic nitrogens is 2. The Morgan fingerprint density at radius 2 is 2.06 bits per heavy atom. The number of nitrogens with two attached hydrogens (primary N) is 1. The predicted molar refractivity (Wildman–Crippen MR) is 56.1 cm³/mol. The molecule has 18 heavy (non-hydrogen) atoms. The van der Waals surface area contributed by atoms with Gasteiger partial charge in [-0.1, -0.05) is 0 Å². The third-order valence-corrected chi connectivity index (χ3v) is 2.00. The Morgan fingerprint density at radius 3 is 2.56 bits per heavy atom. The zero-order valence-corrected chi connectivity index (χ0v) is 9.12. The number of anilines is 2. The van der Waals surface area contributed by atoms with E-state index in [0.717, 1.165) is 4.68 Å². The second kappa shape index (κ2) is 5.27. The minimum atomic E-state index is -4.42. The fourth-order valence-electron chi connectivity index (χ4n) is 1.22. The summed E-state index contributed by atoms with van der Waals surface area (Å²) in [7, 11) is 0.